The van der Waals surface area contributed by atoms with E-state index in [-0.39, 0.29) is 12.5 Å². The highest BCUT2D eigenvalue weighted by Gasteiger charge is 2.04. The lowest BCUT2D eigenvalue weighted by atomic mass is 10.2. The fraction of sp³-hybridized carbons (Fsp3) is 0.375. The number of likely N-dealkylation sites (N-methyl/N-ethyl adjacent to an activating group) is 1. The summed E-state index contributed by atoms with van der Waals surface area (Å²) in [5.74, 6) is -0.324. The monoisotopic (exact) mass is 303 g/mol. The van der Waals surface area contributed by atoms with Gasteiger partial charge in [-0.15, -0.1) is 0 Å². The fourth-order valence-corrected chi connectivity index (χ4v) is 2.19. The van der Waals surface area contributed by atoms with Gasteiger partial charge in [-0.25, -0.2) is 4.79 Å². The summed E-state index contributed by atoms with van der Waals surface area (Å²) >= 11 is 0. The van der Waals surface area contributed by atoms with E-state index in [1.165, 1.54) is 18.0 Å². The number of para-hydroxylation sites is 1. The Morgan fingerprint density at radius 3 is 2.82 bits per heavy atom. The Morgan fingerprint density at radius 1 is 1.18 bits per heavy atom. The summed E-state index contributed by atoms with van der Waals surface area (Å²) in [6.07, 6.45) is 3.32. The minimum Gasteiger partial charge on any atom is -0.439 e. The number of hydrogen-bond acceptors (Lipinski definition) is 3. The molecule has 118 valence electrons. The SMILES string of the molecule is CNC(=O)COC(=O)NCCCCn1ccc2ccccc21. The van der Waals surface area contributed by atoms with Crippen molar-refractivity contribution in [2.75, 3.05) is 20.2 Å². The summed E-state index contributed by atoms with van der Waals surface area (Å²) < 4.78 is 6.95. The summed E-state index contributed by atoms with van der Waals surface area (Å²) in [6, 6.07) is 10.4. The number of nitrogens with one attached hydrogen (secondary N) is 2. The van der Waals surface area contributed by atoms with Crippen LogP contribution in [0.25, 0.3) is 10.9 Å². The molecule has 0 saturated carbocycles. The summed E-state index contributed by atoms with van der Waals surface area (Å²) in [6.45, 7) is 1.19. The average molecular weight is 303 g/mol. The standard InChI is InChI=1S/C16H21N3O3/c1-17-15(20)12-22-16(21)18-9-4-5-10-19-11-8-13-6-2-3-7-14(13)19/h2-3,6-8,11H,4-5,9-10,12H2,1H3,(H,17,20)(H,18,21). The van der Waals surface area contributed by atoms with Crippen LogP contribution in [0.5, 0.6) is 0 Å². The number of benzene rings is 1. The molecule has 2 rings (SSSR count). The van der Waals surface area contributed by atoms with E-state index in [0.717, 1.165) is 19.4 Å². The highest BCUT2D eigenvalue weighted by molar-refractivity contribution is 5.80. The summed E-state index contributed by atoms with van der Waals surface area (Å²) in [4.78, 5) is 22.2. The third-order valence-electron chi connectivity index (χ3n) is 3.39. The van der Waals surface area contributed by atoms with E-state index in [0.29, 0.717) is 6.54 Å². The Morgan fingerprint density at radius 2 is 2.00 bits per heavy atom. The Labute approximate surface area is 129 Å². The van der Waals surface area contributed by atoms with Gasteiger partial charge in [-0.1, -0.05) is 18.2 Å². The molecule has 0 unspecified atom stereocenters. The smallest absolute Gasteiger partial charge is 0.407 e. The van der Waals surface area contributed by atoms with E-state index in [2.05, 4.69) is 39.6 Å². The number of ether oxygens (including phenoxy) is 1. The molecule has 2 aromatic rings. The molecule has 2 N–H and O–H groups in total. The van der Waals surface area contributed by atoms with E-state index in [9.17, 15) is 9.59 Å². The predicted octanol–water partition coefficient (Wildman–Crippen LogP) is 1.89. The van der Waals surface area contributed by atoms with E-state index >= 15 is 0 Å². The van der Waals surface area contributed by atoms with Gasteiger partial charge in [-0.3, -0.25) is 4.79 Å². The largest absolute Gasteiger partial charge is 0.439 e. The summed E-state index contributed by atoms with van der Waals surface area (Å²) in [5, 5.41) is 6.24. The number of hydrogen-bond donors (Lipinski definition) is 2. The van der Waals surface area contributed by atoms with Crippen LogP contribution < -0.4 is 10.6 Å². The minimum atomic E-state index is -0.560. The molecule has 0 aliphatic heterocycles. The van der Waals surface area contributed by atoms with Crippen molar-refractivity contribution >= 4 is 22.9 Å². The molecule has 0 aliphatic rings. The fourth-order valence-electron chi connectivity index (χ4n) is 2.19. The van der Waals surface area contributed by atoms with E-state index in [1.807, 2.05) is 12.1 Å². The number of rotatable bonds is 7. The molecule has 22 heavy (non-hydrogen) atoms. The molecule has 6 heteroatoms. The Bertz CT molecular complexity index is 636. The highest BCUT2D eigenvalue weighted by atomic mass is 16.6. The third kappa shape index (κ3) is 4.51. The van der Waals surface area contributed by atoms with E-state index in [1.54, 1.807) is 0 Å². The molecule has 0 radical (unpaired) electrons. The number of carbonyl (C=O) groups is 2. The molecule has 0 bridgehead atoms. The van der Waals surface area contributed by atoms with Gasteiger partial charge in [-0.2, -0.15) is 0 Å². The number of unbranched alkanes of at least 4 members (excludes halogenated alkanes) is 1. The zero-order valence-corrected chi connectivity index (χ0v) is 12.7. The first-order valence-corrected chi connectivity index (χ1v) is 7.36. The summed E-state index contributed by atoms with van der Waals surface area (Å²) in [5.41, 5.74) is 1.22. The van der Waals surface area contributed by atoms with Crippen molar-refractivity contribution in [3.05, 3.63) is 36.5 Å². The van der Waals surface area contributed by atoms with Crippen molar-refractivity contribution in [2.45, 2.75) is 19.4 Å². The molecule has 1 heterocycles. The molecule has 6 nitrogen and oxygen atoms in total. The average Bonchev–Trinajstić information content (AvgIpc) is 2.95. The molecule has 0 atom stereocenters. The maximum atomic E-state index is 11.3. The van der Waals surface area contributed by atoms with Crippen LogP contribution in [0.1, 0.15) is 12.8 Å². The van der Waals surface area contributed by atoms with Crippen molar-refractivity contribution in [1.82, 2.24) is 15.2 Å². The second kappa shape index (κ2) is 8.07. The maximum absolute atomic E-state index is 11.3. The first-order valence-electron chi connectivity index (χ1n) is 7.36. The van der Waals surface area contributed by atoms with Gasteiger partial charge in [0, 0.05) is 31.9 Å². The second-order valence-corrected chi connectivity index (χ2v) is 4.95. The molecular weight excluding hydrogens is 282 g/mol. The van der Waals surface area contributed by atoms with Crippen LogP contribution in [0.3, 0.4) is 0 Å². The van der Waals surface area contributed by atoms with E-state index < -0.39 is 6.09 Å². The van der Waals surface area contributed by atoms with Gasteiger partial charge < -0.3 is 19.9 Å². The van der Waals surface area contributed by atoms with Crippen LogP contribution in [0.2, 0.25) is 0 Å². The van der Waals surface area contributed by atoms with Gasteiger partial charge in [0.05, 0.1) is 0 Å². The van der Waals surface area contributed by atoms with Crippen LogP contribution >= 0.6 is 0 Å². The molecular formula is C16H21N3O3. The zero-order valence-electron chi connectivity index (χ0n) is 12.7. The van der Waals surface area contributed by atoms with Gasteiger partial charge in [0.15, 0.2) is 6.61 Å². The Hall–Kier alpha value is -2.50. The maximum Gasteiger partial charge on any atom is 0.407 e. The van der Waals surface area contributed by atoms with Crippen molar-refractivity contribution in [3.63, 3.8) is 0 Å². The lowest BCUT2D eigenvalue weighted by Gasteiger charge is -2.07. The van der Waals surface area contributed by atoms with Gasteiger partial charge in [0.25, 0.3) is 5.91 Å². The first kappa shape index (κ1) is 15.9. The van der Waals surface area contributed by atoms with Crippen LogP contribution in [-0.2, 0) is 16.1 Å². The van der Waals surface area contributed by atoms with Crippen LogP contribution in [-0.4, -0.2) is 36.8 Å². The number of nitrogens with zero attached hydrogens (tertiary/aromatic N) is 1. The highest BCUT2D eigenvalue weighted by Crippen LogP contribution is 2.15. The van der Waals surface area contributed by atoms with Gasteiger partial charge >= 0.3 is 6.09 Å². The van der Waals surface area contributed by atoms with Gasteiger partial charge in [-0.05, 0) is 30.4 Å². The van der Waals surface area contributed by atoms with Crippen molar-refractivity contribution in [1.29, 1.82) is 0 Å². The quantitative estimate of drug-likeness (QED) is 0.767. The van der Waals surface area contributed by atoms with Crippen molar-refractivity contribution < 1.29 is 14.3 Å². The summed E-state index contributed by atoms with van der Waals surface area (Å²) in [7, 11) is 1.49. The minimum absolute atomic E-state index is 0.252. The number of amides is 2. The number of fused-ring (bicyclic) bond motifs is 1. The number of carbonyl (C=O) groups excluding carboxylic acids is 2. The normalized spacial score (nSPS) is 10.4. The van der Waals surface area contributed by atoms with Crippen LogP contribution in [0.15, 0.2) is 36.5 Å². The molecule has 0 fully saturated rings. The molecule has 1 aromatic carbocycles. The van der Waals surface area contributed by atoms with E-state index in [4.69, 9.17) is 4.74 Å². The Balaban J connectivity index is 1.63. The first-order chi connectivity index (χ1) is 10.7. The van der Waals surface area contributed by atoms with Gasteiger partial charge in [0.1, 0.15) is 0 Å². The second-order valence-electron chi connectivity index (χ2n) is 4.95. The number of aryl methyl sites for hydroxylation is 1. The zero-order chi connectivity index (χ0) is 15.8. The van der Waals surface area contributed by atoms with Crippen LogP contribution in [0, 0.1) is 0 Å². The molecule has 0 saturated heterocycles. The number of alkyl carbamates (subject to hydrolysis) is 1. The molecule has 1 aromatic heterocycles. The number of aromatic nitrogens is 1. The van der Waals surface area contributed by atoms with Crippen LogP contribution in [0.4, 0.5) is 4.79 Å². The lowest BCUT2D eigenvalue weighted by Crippen LogP contribution is -2.31. The lowest BCUT2D eigenvalue weighted by molar-refractivity contribution is -0.123. The third-order valence-corrected chi connectivity index (χ3v) is 3.39. The Kier molecular flexibility index (Phi) is 5.82. The topological polar surface area (TPSA) is 72.4 Å². The molecule has 0 aliphatic carbocycles. The van der Waals surface area contributed by atoms with Crippen molar-refractivity contribution in [3.8, 4) is 0 Å². The molecule has 0 spiro atoms. The van der Waals surface area contributed by atoms with Crippen molar-refractivity contribution in [2.24, 2.45) is 0 Å². The van der Waals surface area contributed by atoms with Gasteiger partial charge in [0.2, 0.25) is 0 Å². The molecule has 2 amide bonds. The predicted molar refractivity (Wildman–Crippen MR) is 84.6 cm³/mol.